The van der Waals surface area contributed by atoms with Crippen molar-refractivity contribution in [3.05, 3.63) is 0 Å². The van der Waals surface area contributed by atoms with Gasteiger partial charge in [-0.05, 0) is 19.3 Å². The second-order valence-electron chi connectivity index (χ2n) is 3.88. The molecule has 0 aliphatic rings. The summed E-state index contributed by atoms with van der Waals surface area (Å²) in [5.41, 5.74) is 0. The number of hydrogen-bond acceptors (Lipinski definition) is 4. The van der Waals surface area contributed by atoms with Gasteiger partial charge in [0.2, 0.25) is 0 Å². The molecule has 0 heterocycles. The number of thiol groups is 1. The zero-order valence-corrected chi connectivity index (χ0v) is 11.3. The van der Waals surface area contributed by atoms with Gasteiger partial charge in [-0.15, -0.1) is 0 Å². The fourth-order valence-corrected chi connectivity index (χ4v) is 1.58. The molecule has 4 heteroatoms. The van der Waals surface area contributed by atoms with E-state index in [1.54, 1.807) is 7.11 Å². The molecule has 16 heavy (non-hydrogen) atoms. The fourth-order valence-electron chi connectivity index (χ4n) is 1.32. The van der Waals surface area contributed by atoms with Crippen LogP contribution in [0.1, 0.15) is 45.4 Å². The average Bonchev–Trinajstić information content (AvgIpc) is 2.28. The number of ether oxygens (including phenoxy) is 2. The molecule has 0 N–H and O–H groups in total. The Morgan fingerprint density at radius 2 is 1.88 bits per heavy atom. The van der Waals surface area contributed by atoms with Gasteiger partial charge in [0, 0.05) is 13.7 Å². The smallest absolute Gasteiger partial charge is 0.318 e. The molecule has 0 fully saturated rings. The molecule has 0 aromatic heterocycles. The molecule has 0 radical (unpaired) electrons. The van der Waals surface area contributed by atoms with E-state index in [1.807, 2.05) is 0 Å². The van der Waals surface area contributed by atoms with Crippen LogP contribution in [0.2, 0.25) is 0 Å². The lowest BCUT2D eigenvalue weighted by Crippen LogP contribution is -2.18. The lowest BCUT2D eigenvalue weighted by Gasteiger charge is -2.10. The van der Waals surface area contributed by atoms with E-state index in [4.69, 9.17) is 9.47 Å². The van der Waals surface area contributed by atoms with Crippen molar-refractivity contribution in [3.63, 3.8) is 0 Å². The first-order chi connectivity index (χ1) is 7.72. The Bertz CT molecular complexity index is 174. The Labute approximate surface area is 104 Å². The van der Waals surface area contributed by atoms with Crippen LogP contribution >= 0.6 is 12.6 Å². The number of esters is 1. The average molecular weight is 248 g/mol. The van der Waals surface area contributed by atoms with E-state index in [1.165, 1.54) is 0 Å². The van der Waals surface area contributed by atoms with Crippen molar-refractivity contribution in [3.8, 4) is 0 Å². The number of hydrogen-bond donors (Lipinski definition) is 1. The lowest BCUT2D eigenvalue weighted by molar-refractivity contribution is -0.143. The van der Waals surface area contributed by atoms with Gasteiger partial charge in [-0.3, -0.25) is 4.79 Å². The third-order valence-corrected chi connectivity index (χ3v) is 2.81. The zero-order valence-electron chi connectivity index (χ0n) is 10.4. The van der Waals surface area contributed by atoms with E-state index in [9.17, 15) is 4.79 Å². The van der Waals surface area contributed by atoms with E-state index in [-0.39, 0.29) is 11.2 Å². The molecular weight excluding hydrogens is 224 g/mol. The Morgan fingerprint density at radius 3 is 2.50 bits per heavy atom. The first kappa shape index (κ1) is 15.8. The minimum atomic E-state index is -0.256. The summed E-state index contributed by atoms with van der Waals surface area (Å²) in [6, 6.07) is 0. The number of rotatable bonds is 10. The van der Waals surface area contributed by atoms with E-state index in [0.29, 0.717) is 6.61 Å². The highest BCUT2D eigenvalue weighted by molar-refractivity contribution is 7.81. The number of carbonyl (C=O) groups is 1. The van der Waals surface area contributed by atoms with Crippen molar-refractivity contribution >= 4 is 18.6 Å². The van der Waals surface area contributed by atoms with Gasteiger partial charge in [-0.25, -0.2) is 0 Å². The minimum Gasteiger partial charge on any atom is -0.465 e. The predicted molar refractivity (Wildman–Crippen MR) is 69.0 cm³/mol. The molecule has 0 saturated heterocycles. The third kappa shape index (κ3) is 9.04. The second kappa shape index (κ2) is 11.3. The Hall–Kier alpha value is -0.220. The molecule has 0 aliphatic heterocycles. The van der Waals surface area contributed by atoms with Crippen LogP contribution in [0.3, 0.4) is 0 Å². The summed E-state index contributed by atoms with van der Waals surface area (Å²) in [5.74, 6) is -0.183. The van der Waals surface area contributed by atoms with Gasteiger partial charge in [0.15, 0.2) is 0 Å². The molecule has 0 aliphatic carbocycles. The molecule has 1 atom stereocenters. The van der Waals surface area contributed by atoms with Crippen LogP contribution in [-0.2, 0) is 14.3 Å². The summed E-state index contributed by atoms with van der Waals surface area (Å²) >= 11 is 4.24. The molecule has 0 bridgehead atoms. The van der Waals surface area contributed by atoms with E-state index >= 15 is 0 Å². The summed E-state index contributed by atoms with van der Waals surface area (Å²) in [4.78, 5) is 11.4. The van der Waals surface area contributed by atoms with Crippen molar-refractivity contribution in [1.29, 1.82) is 0 Å². The molecule has 0 rings (SSSR count). The second-order valence-corrected chi connectivity index (χ2v) is 4.50. The molecule has 0 aromatic carbocycles. The molecule has 0 amide bonds. The number of unbranched alkanes of at least 4 members (excludes halogenated alkanes) is 3. The molecule has 1 unspecified atom stereocenters. The summed E-state index contributed by atoms with van der Waals surface area (Å²) in [5, 5.41) is -0.256. The van der Waals surface area contributed by atoms with Crippen molar-refractivity contribution in [2.45, 2.75) is 50.7 Å². The molecule has 0 saturated carbocycles. The van der Waals surface area contributed by atoms with Gasteiger partial charge >= 0.3 is 5.97 Å². The Morgan fingerprint density at radius 1 is 1.19 bits per heavy atom. The monoisotopic (exact) mass is 248 g/mol. The zero-order chi connectivity index (χ0) is 12.2. The third-order valence-electron chi connectivity index (χ3n) is 2.34. The van der Waals surface area contributed by atoms with Gasteiger partial charge in [0.05, 0.1) is 11.9 Å². The fraction of sp³-hybridized carbons (Fsp3) is 0.917. The maximum Gasteiger partial charge on any atom is 0.318 e. The van der Waals surface area contributed by atoms with E-state index < -0.39 is 0 Å². The SMILES string of the molecule is CCCCCC(S)C(=O)OCCCCOC. The minimum absolute atomic E-state index is 0.183. The molecule has 3 nitrogen and oxygen atoms in total. The van der Waals surface area contributed by atoms with Gasteiger partial charge in [0.25, 0.3) is 0 Å². The van der Waals surface area contributed by atoms with Crippen LogP contribution in [0.15, 0.2) is 0 Å². The predicted octanol–water partition coefficient (Wildman–Crippen LogP) is 2.83. The molecule has 96 valence electrons. The summed E-state index contributed by atoms with van der Waals surface area (Å²) in [6.07, 6.45) is 5.95. The molecule has 0 aromatic rings. The largest absolute Gasteiger partial charge is 0.465 e. The molecular formula is C12H24O3S. The summed E-state index contributed by atoms with van der Waals surface area (Å²) < 4.78 is 10.0. The Kier molecular flexibility index (Phi) is 11.1. The quantitative estimate of drug-likeness (QED) is 0.367. The number of methoxy groups -OCH3 is 1. The van der Waals surface area contributed by atoms with Gasteiger partial charge < -0.3 is 9.47 Å². The highest BCUT2D eigenvalue weighted by Crippen LogP contribution is 2.10. The van der Waals surface area contributed by atoms with Gasteiger partial charge in [-0.1, -0.05) is 26.2 Å². The highest BCUT2D eigenvalue weighted by atomic mass is 32.1. The van der Waals surface area contributed by atoms with Crippen molar-refractivity contribution < 1.29 is 14.3 Å². The lowest BCUT2D eigenvalue weighted by atomic mass is 10.1. The van der Waals surface area contributed by atoms with Gasteiger partial charge in [0.1, 0.15) is 0 Å². The van der Waals surface area contributed by atoms with Crippen LogP contribution < -0.4 is 0 Å². The van der Waals surface area contributed by atoms with E-state index in [0.717, 1.165) is 45.1 Å². The van der Waals surface area contributed by atoms with Crippen molar-refractivity contribution in [1.82, 2.24) is 0 Å². The van der Waals surface area contributed by atoms with Crippen LogP contribution in [0.5, 0.6) is 0 Å². The maximum absolute atomic E-state index is 11.4. The highest BCUT2D eigenvalue weighted by Gasteiger charge is 2.14. The first-order valence-corrected chi connectivity index (χ1v) is 6.57. The van der Waals surface area contributed by atoms with E-state index in [2.05, 4.69) is 19.6 Å². The maximum atomic E-state index is 11.4. The normalized spacial score (nSPS) is 12.4. The van der Waals surface area contributed by atoms with Crippen LogP contribution in [0.25, 0.3) is 0 Å². The van der Waals surface area contributed by atoms with Crippen LogP contribution in [-0.4, -0.2) is 31.5 Å². The topological polar surface area (TPSA) is 35.5 Å². The summed E-state index contributed by atoms with van der Waals surface area (Å²) in [7, 11) is 1.67. The first-order valence-electron chi connectivity index (χ1n) is 6.06. The van der Waals surface area contributed by atoms with Crippen molar-refractivity contribution in [2.75, 3.05) is 20.3 Å². The molecule has 0 spiro atoms. The Balaban J connectivity index is 3.40. The standard InChI is InChI=1S/C12H24O3S/c1-3-4-5-8-11(16)12(13)15-10-7-6-9-14-2/h11,16H,3-10H2,1-2H3. The van der Waals surface area contributed by atoms with Crippen LogP contribution in [0.4, 0.5) is 0 Å². The summed E-state index contributed by atoms with van der Waals surface area (Å²) in [6.45, 7) is 3.34. The number of carbonyl (C=O) groups excluding carboxylic acids is 1. The van der Waals surface area contributed by atoms with Crippen molar-refractivity contribution in [2.24, 2.45) is 0 Å². The van der Waals surface area contributed by atoms with Gasteiger partial charge in [-0.2, -0.15) is 12.6 Å². The van der Waals surface area contributed by atoms with Crippen LogP contribution in [0, 0.1) is 0 Å².